The number of aryl methyl sites for hydroxylation is 1. The Balaban J connectivity index is 2.40. The topological polar surface area (TPSA) is 57.6 Å². The Kier molecular flexibility index (Phi) is 3.95. The van der Waals surface area contributed by atoms with Gasteiger partial charge in [0.15, 0.2) is 0 Å². The average Bonchev–Trinajstić information content (AvgIpc) is 2.38. The van der Waals surface area contributed by atoms with E-state index in [2.05, 4.69) is 0 Å². The number of carboxylic acid groups (broad SMARTS) is 1. The van der Waals surface area contributed by atoms with Crippen LogP contribution in [0.3, 0.4) is 0 Å². The molecule has 1 unspecified atom stereocenters. The van der Waals surface area contributed by atoms with E-state index in [-0.39, 0.29) is 11.7 Å². The molecule has 0 fully saturated rings. The summed E-state index contributed by atoms with van der Waals surface area (Å²) in [4.78, 5) is 24.5. The molecule has 1 aromatic carbocycles. The number of hydrogen-bond acceptors (Lipinski definition) is 3. The van der Waals surface area contributed by atoms with Crippen molar-refractivity contribution in [3.63, 3.8) is 0 Å². The molecule has 1 aromatic rings. The maximum Gasteiger partial charge on any atom is 0.326 e. The summed E-state index contributed by atoms with van der Waals surface area (Å²) >= 11 is 1.40. The Morgan fingerprint density at radius 1 is 1.37 bits per heavy atom. The molecule has 0 saturated carbocycles. The van der Waals surface area contributed by atoms with Crippen LogP contribution < -0.4 is 0 Å². The Hall–Kier alpha value is -1.75. The van der Waals surface area contributed by atoms with Crippen molar-refractivity contribution in [3.05, 3.63) is 40.8 Å². The van der Waals surface area contributed by atoms with Crippen LogP contribution in [0.4, 0.5) is 0 Å². The van der Waals surface area contributed by atoms with Gasteiger partial charge in [0.2, 0.25) is 5.91 Å². The molecule has 1 amide bonds. The molecule has 0 saturated heterocycles. The van der Waals surface area contributed by atoms with E-state index in [0.717, 1.165) is 11.1 Å². The first-order valence-electron chi connectivity index (χ1n) is 5.94. The lowest BCUT2D eigenvalue weighted by Crippen LogP contribution is -2.44. The van der Waals surface area contributed by atoms with Crippen LogP contribution >= 0.6 is 11.8 Å². The highest BCUT2D eigenvalue weighted by Crippen LogP contribution is 2.30. The Labute approximate surface area is 116 Å². The van der Waals surface area contributed by atoms with Gasteiger partial charge in [-0.3, -0.25) is 9.69 Å². The summed E-state index contributed by atoms with van der Waals surface area (Å²) in [7, 11) is 0. The highest BCUT2D eigenvalue weighted by molar-refractivity contribution is 8.03. The van der Waals surface area contributed by atoms with E-state index in [1.807, 2.05) is 36.6 Å². The number of carbonyl (C=O) groups excluding carboxylic acids is 1. The molecule has 100 valence electrons. The minimum Gasteiger partial charge on any atom is -0.480 e. The minimum absolute atomic E-state index is 0.169. The molecule has 1 heterocycles. The quantitative estimate of drug-likeness (QED) is 0.921. The third kappa shape index (κ3) is 2.81. The minimum atomic E-state index is -1.00. The molecule has 19 heavy (non-hydrogen) atoms. The molecule has 0 bridgehead atoms. The third-order valence-corrected chi connectivity index (χ3v) is 3.83. The van der Waals surface area contributed by atoms with Crippen molar-refractivity contribution in [1.82, 2.24) is 4.90 Å². The van der Waals surface area contributed by atoms with Gasteiger partial charge < -0.3 is 5.11 Å². The number of carbonyl (C=O) groups is 2. The third-order valence-electron chi connectivity index (χ3n) is 3.02. The first kappa shape index (κ1) is 13.7. The lowest BCUT2D eigenvalue weighted by Gasteiger charge is -2.31. The molecule has 0 aliphatic carbocycles. The lowest BCUT2D eigenvalue weighted by molar-refractivity contribution is -0.145. The summed E-state index contributed by atoms with van der Waals surface area (Å²) in [5.41, 5.74) is 2.65. The molecule has 1 atom stereocenters. The van der Waals surface area contributed by atoms with Gasteiger partial charge in [0, 0.05) is 0 Å². The number of rotatable bonds is 3. The van der Waals surface area contributed by atoms with Crippen LogP contribution in [0.25, 0.3) is 5.70 Å². The van der Waals surface area contributed by atoms with Crippen LogP contribution in [-0.4, -0.2) is 33.7 Å². The molecule has 5 heteroatoms. The first-order valence-corrected chi connectivity index (χ1v) is 6.99. The molecule has 0 spiro atoms. The molecular formula is C14H15NO3S. The number of carboxylic acids is 1. The molecule has 2 rings (SSSR count). The second-order valence-electron chi connectivity index (χ2n) is 4.46. The van der Waals surface area contributed by atoms with Gasteiger partial charge in [-0.25, -0.2) is 4.79 Å². The molecule has 4 nitrogen and oxygen atoms in total. The fourth-order valence-electron chi connectivity index (χ4n) is 1.92. The monoisotopic (exact) mass is 277 g/mol. The van der Waals surface area contributed by atoms with Gasteiger partial charge in [0.25, 0.3) is 0 Å². The fourth-order valence-corrected chi connectivity index (χ4v) is 2.69. The van der Waals surface area contributed by atoms with Crippen molar-refractivity contribution >= 4 is 29.3 Å². The summed E-state index contributed by atoms with van der Waals surface area (Å²) in [5.74, 6) is -0.885. The summed E-state index contributed by atoms with van der Waals surface area (Å²) < 4.78 is 0. The zero-order valence-corrected chi connectivity index (χ0v) is 11.6. The molecule has 1 aliphatic heterocycles. The zero-order valence-electron chi connectivity index (χ0n) is 10.8. The number of nitrogens with zero attached hydrogens (tertiary/aromatic N) is 1. The van der Waals surface area contributed by atoms with Crippen LogP contribution in [0.2, 0.25) is 0 Å². The molecular weight excluding hydrogens is 262 g/mol. The second kappa shape index (κ2) is 5.48. The van der Waals surface area contributed by atoms with Gasteiger partial charge in [0.1, 0.15) is 6.04 Å². The Morgan fingerprint density at radius 3 is 2.58 bits per heavy atom. The average molecular weight is 277 g/mol. The van der Waals surface area contributed by atoms with Crippen molar-refractivity contribution in [2.45, 2.75) is 19.9 Å². The summed E-state index contributed by atoms with van der Waals surface area (Å²) in [6, 6.07) is 6.84. The SMILES string of the molecule is Cc1ccc(C2=CSCC(=O)N2C(C)C(=O)O)cc1. The first-order chi connectivity index (χ1) is 9.00. The standard InChI is InChI=1S/C14H15NO3S/c1-9-3-5-11(6-4-9)12-7-19-8-13(16)15(12)10(2)14(17)18/h3-7,10H,8H2,1-2H3,(H,17,18). The van der Waals surface area contributed by atoms with Gasteiger partial charge in [-0.15, -0.1) is 11.8 Å². The molecule has 1 aliphatic rings. The number of amides is 1. The van der Waals surface area contributed by atoms with E-state index in [4.69, 9.17) is 5.11 Å². The van der Waals surface area contributed by atoms with E-state index in [9.17, 15) is 9.59 Å². The van der Waals surface area contributed by atoms with Crippen LogP contribution in [0.1, 0.15) is 18.1 Å². The highest BCUT2D eigenvalue weighted by atomic mass is 32.2. The predicted octanol–water partition coefficient (Wildman–Crippen LogP) is 2.34. The Morgan fingerprint density at radius 2 is 2.00 bits per heavy atom. The van der Waals surface area contributed by atoms with E-state index in [0.29, 0.717) is 5.70 Å². The normalized spacial score (nSPS) is 17.1. The van der Waals surface area contributed by atoms with Gasteiger partial charge in [-0.1, -0.05) is 29.8 Å². The van der Waals surface area contributed by atoms with Gasteiger partial charge in [0.05, 0.1) is 11.4 Å². The maximum absolute atomic E-state index is 12.0. The second-order valence-corrected chi connectivity index (χ2v) is 5.32. The molecule has 0 aromatic heterocycles. The van der Waals surface area contributed by atoms with E-state index in [1.165, 1.54) is 23.6 Å². The molecule has 0 radical (unpaired) electrons. The van der Waals surface area contributed by atoms with Crippen LogP contribution in [0.15, 0.2) is 29.7 Å². The number of aliphatic carboxylic acids is 1. The van der Waals surface area contributed by atoms with Gasteiger partial charge >= 0.3 is 5.97 Å². The summed E-state index contributed by atoms with van der Waals surface area (Å²) in [5, 5.41) is 11.0. The van der Waals surface area contributed by atoms with Crippen molar-refractivity contribution in [2.75, 3.05) is 5.75 Å². The summed E-state index contributed by atoms with van der Waals surface area (Å²) in [6.07, 6.45) is 0. The van der Waals surface area contributed by atoms with Crippen molar-refractivity contribution in [3.8, 4) is 0 Å². The van der Waals surface area contributed by atoms with Crippen LogP contribution in [-0.2, 0) is 9.59 Å². The number of thioether (sulfide) groups is 1. The molecule has 1 N–H and O–H groups in total. The smallest absolute Gasteiger partial charge is 0.326 e. The predicted molar refractivity (Wildman–Crippen MR) is 75.6 cm³/mol. The van der Waals surface area contributed by atoms with E-state index < -0.39 is 12.0 Å². The number of hydrogen-bond donors (Lipinski definition) is 1. The summed E-state index contributed by atoms with van der Waals surface area (Å²) in [6.45, 7) is 3.51. The fraction of sp³-hybridized carbons (Fsp3) is 0.286. The van der Waals surface area contributed by atoms with Crippen LogP contribution in [0.5, 0.6) is 0 Å². The lowest BCUT2D eigenvalue weighted by atomic mass is 10.1. The van der Waals surface area contributed by atoms with Crippen molar-refractivity contribution in [2.24, 2.45) is 0 Å². The van der Waals surface area contributed by atoms with Crippen molar-refractivity contribution < 1.29 is 14.7 Å². The van der Waals surface area contributed by atoms with Gasteiger partial charge in [-0.2, -0.15) is 0 Å². The van der Waals surface area contributed by atoms with E-state index in [1.54, 1.807) is 0 Å². The zero-order chi connectivity index (χ0) is 14.0. The Bertz CT molecular complexity index is 536. The van der Waals surface area contributed by atoms with E-state index >= 15 is 0 Å². The van der Waals surface area contributed by atoms with Crippen LogP contribution in [0, 0.1) is 6.92 Å². The maximum atomic E-state index is 12.0. The largest absolute Gasteiger partial charge is 0.480 e. The highest BCUT2D eigenvalue weighted by Gasteiger charge is 2.31. The number of benzene rings is 1. The van der Waals surface area contributed by atoms with Crippen molar-refractivity contribution in [1.29, 1.82) is 0 Å². The van der Waals surface area contributed by atoms with Gasteiger partial charge in [-0.05, 0) is 24.8 Å².